The summed E-state index contributed by atoms with van der Waals surface area (Å²) in [6.07, 6.45) is 1.76. The molecule has 0 saturated carbocycles. The fourth-order valence-corrected chi connectivity index (χ4v) is 2.69. The van der Waals surface area contributed by atoms with Crippen LogP contribution in [0.15, 0.2) is 42.6 Å². The minimum atomic E-state index is 0.120. The molecule has 1 aromatic carbocycles. The molecule has 0 spiro atoms. The van der Waals surface area contributed by atoms with Gasteiger partial charge in [-0.25, -0.2) is 15.0 Å². The Balaban J connectivity index is 1.91. The van der Waals surface area contributed by atoms with E-state index in [9.17, 15) is 0 Å². The third-order valence-corrected chi connectivity index (χ3v) is 3.73. The van der Waals surface area contributed by atoms with Crippen LogP contribution in [-0.4, -0.2) is 32.7 Å². The predicted molar refractivity (Wildman–Crippen MR) is 108 cm³/mol. The molecule has 0 amide bonds. The van der Waals surface area contributed by atoms with E-state index < -0.39 is 0 Å². The van der Waals surface area contributed by atoms with Crippen LogP contribution >= 0.6 is 12.2 Å². The number of fused-ring (bicyclic) bond motifs is 1. The average molecular weight is 367 g/mol. The van der Waals surface area contributed by atoms with Crippen LogP contribution in [0.2, 0.25) is 0 Å². The minimum absolute atomic E-state index is 0.120. The molecular weight excluding hydrogens is 346 g/mol. The molecule has 0 fully saturated rings. The van der Waals surface area contributed by atoms with Gasteiger partial charge in [0.2, 0.25) is 0 Å². The summed E-state index contributed by atoms with van der Waals surface area (Å²) in [5.74, 6) is 1.38. The zero-order chi connectivity index (χ0) is 18.5. The number of aromatic nitrogens is 3. The quantitative estimate of drug-likeness (QED) is 0.665. The third-order valence-electron chi connectivity index (χ3n) is 3.49. The summed E-state index contributed by atoms with van der Waals surface area (Å²) in [6.45, 7) is 6.72. The lowest BCUT2D eigenvalue weighted by atomic mass is 10.1. The Hall–Kier alpha value is -2.80. The van der Waals surface area contributed by atoms with Crippen LogP contribution in [0.3, 0.4) is 0 Å². The highest BCUT2D eigenvalue weighted by molar-refractivity contribution is 7.80. The van der Waals surface area contributed by atoms with Gasteiger partial charge in [-0.2, -0.15) is 0 Å². The largest absolute Gasteiger partial charge is 0.491 e. The number of ether oxygens (including phenoxy) is 1. The Bertz CT molecular complexity index is 929. The van der Waals surface area contributed by atoms with Crippen LogP contribution in [0.25, 0.3) is 22.4 Å². The van der Waals surface area contributed by atoms with E-state index in [1.165, 1.54) is 0 Å². The summed E-state index contributed by atoms with van der Waals surface area (Å²) in [5.41, 5.74) is 3.06. The summed E-state index contributed by atoms with van der Waals surface area (Å²) in [7, 11) is 0. The van der Waals surface area contributed by atoms with Gasteiger partial charge in [0.15, 0.2) is 16.6 Å². The van der Waals surface area contributed by atoms with Gasteiger partial charge in [0.05, 0.1) is 18.0 Å². The lowest BCUT2D eigenvalue weighted by Gasteiger charge is -2.11. The number of rotatable bonds is 5. The molecule has 0 aliphatic carbocycles. The van der Waals surface area contributed by atoms with Crippen molar-refractivity contribution in [2.24, 2.45) is 0 Å². The monoisotopic (exact) mass is 367 g/mol. The van der Waals surface area contributed by atoms with Crippen LogP contribution in [0.1, 0.15) is 20.8 Å². The molecule has 3 rings (SSSR count). The van der Waals surface area contributed by atoms with Crippen LogP contribution < -0.4 is 15.4 Å². The second-order valence-corrected chi connectivity index (χ2v) is 6.38. The fourth-order valence-electron chi connectivity index (χ4n) is 2.44. The van der Waals surface area contributed by atoms with Crippen molar-refractivity contribution in [1.29, 1.82) is 0 Å². The number of anilines is 1. The average Bonchev–Trinajstić information content (AvgIpc) is 2.61. The van der Waals surface area contributed by atoms with E-state index in [0.29, 0.717) is 16.6 Å². The molecule has 134 valence electrons. The summed E-state index contributed by atoms with van der Waals surface area (Å²) in [5, 5.41) is 6.54. The standard InChI is InChI=1S/C19H21N5OS/c1-4-20-19(26)24-17-11-21-16-9-8-15(22-18(16)23-17)13-6-5-7-14(10-13)25-12(2)3/h5-12H,4H2,1-3H3,(H2,20,22,23,24,26). The van der Waals surface area contributed by atoms with Crippen molar-refractivity contribution in [3.63, 3.8) is 0 Å². The van der Waals surface area contributed by atoms with Crippen molar-refractivity contribution in [1.82, 2.24) is 20.3 Å². The molecule has 2 N–H and O–H groups in total. The predicted octanol–water partition coefficient (Wildman–Crippen LogP) is 3.79. The van der Waals surface area contributed by atoms with E-state index in [1.54, 1.807) is 6.20 Å². The van der Waals surface area contributed by atoms with Crippen LogP contribution in [0.4, 0.5) is 5.82 Å². The van der Waals surface area contributed by atoms with Crippen LogP contribution in [-0.2, 0) is 0 Å². The normalized spacial score (nSPS) is 10.8. The molecule has 0 bridgehead atoms. The molecule has 3 aromatic rings. The Labute approximate surface area is 158 Å². The molecule has 0 saturated heterocycles. The van der Waals surface area contributed by atoms with E-state index in [4.69, 9.17) is 17.0 Å². The summed E-state index contributed by atoms with van der Waals surface area (Å²) < 4.78 is 5.76. The molecule has 0 radical (unpaired) electrons. The van der Waals surface area contributed by atoms with Crippen molar-refractivity contribution in [3.05, 3.63) is 42.6 Å². The minimum Gasteiger partial charge on any atom is -0.491 e. The van der Waals surface area contributed by atoms with Gasteiger partial charge < -0.3 is 15.4 Å². The fraction of sp³-hybridized carbons (Fsp3) is 0.263. The van der Waals surface area contributed by atoms with Gasteiger partial charge >= 0.3 is 0 Å². The topological polar surface area (TPSA) is 72.0 Å². The van der Waals surface area contributed by atoms with E-state index in [-0.39, 0.29) is 6.10 Å². The first-order valence-electron chi connectivity index (χ1n) is 8.51. The maximum atomic E-state index is 5.76. The number of hydrogen-bond donors (Lipinski definition) is 2. The Morgan fingerprint density at radius 2 is 2.04 bits per heavy atom. The molecule has 2 aromatic heterocycles. The number of pyridine rings is 1. The first-order chi connectivity index (χ1) is 12.5. The Morgan fingerprint density at radius 3 is 2.81 bits per heavy atom. The van der Waals surface area contributed by atoms with Gasteiger partial charge in [0.25, 0.3) is 0 Å². The van der Waals surface area contributed by atoms with E-state index >= 15 is 0 Å². The molecular formula is C19H21N5OS. The van der Waals surface area contributed by atoms with Crippen molar-refractivity contribution in [2.75, 3.05) is 11.9 Å². The van der Waals surface area contributed by atoms with E-state index in [2.05, 4.69) is 25.6 Å². The number of hydrogen-bond acceptors (Lipinski definition) is 5. The number of nitrogens with zero attached hydrogens (tertiary/aromatic N) is 3. The van der Waals surface area contributed by atoms with Gasteiger partial charge in [-0.3, -0.25) is 0 Å². The molecule has 2 heterocycles. The molecule has 0 unspecified atom stereocenters. The molecule has 0 atom stereocenters. The summed E-state index contributed by atoms with van der Waals surface area (Å²) >= 11 is 5.18. The number of nitrogens with one attached hydrogen (secondary N) is 2. The summed E-state index contributed by atoms with van der Waals surface area (Å²) in [4.78, 5) is 13.5. The maximum Gasteiger partial charge on any atom is 0.180 e. The van der Waals surface area contributed by atoms with Crippen molar-refractivity contribution < 1.29 is 4.74 Å². The molecule has 0 aliphatic heterocycles. The molecule has 26 heavy (non-hydrogen) atoms. The maximum absolute atomic E-state index is 5.76. The van der Waals surface area contributed by atoms with Crippen molar-refractivity contribution in [2.45, 2.75) is 26.9 Å². The third kappa shape index (κ3) is 4.43. The van der Waals surface area contributed by atoms with Gasteiger partial charge in [0.1, 0.15) is 11.3 Å². The van der Waals surface area contributed by atoms with Gasteiger partial charge in [-0.15, -0.1) is 0 Å². The molecule has 0 aliphatic rings. The van der Waals surface area contributed by atoms with Gasteiger partial charge in [-0.1, -0.05) is 12.1 Å². The highest BCUT2D eigenvalue weighted by Gasteiger charge is 2.07. The molecule has 7 heteroatoms. The van der Waals surface area contributed by atoms with Gasteiger partial charge in [-0.05, 0) is 57.3 Å². The van der Waals surface area contributed by atoms with E-state index in [0.717, 1.165) is 29.1 Å². The Kier molecular flexibility index (Phi) is 5.58. The number of benzene rings is 1. The SMILES string of the molecule is CCNC(=S)Nc1cnc2ccc(-c3cccc(OC(C)C)c3)nc2n1. The van der Waals surface area contributed by atoms with E-state index in [1.807, 2.05) is 57.2 Å². The lowest BCUT2D eigenvalue weighted by molar-refractivity contribution is 0.242. The second-order valence-electron chi connectivity index (χ2n) is 5.97. The second kappa shape index (κ2) is 8.05. The van der Waals surface area contributed by atoms with Crippen LogP contribution in [0.5, 0.6) is 5.75 Å². The van der Waals surface area contributed by atoms with Gasteiger partial charge in [0, 0.05) is 12.1 Å². The zero-order valence-electron chi connectivity index (χ0n) is 15.0. The highest BCUT2D eigenvalue weighted by Crippen LogP contribution is 2.24. The first-order valence-corrected chi connectivity index (χ1v) is 8.91. The van der Waals surface area contributed by atoms with Crippen LogP contribution in [0, 0.1) is 0 Å². The zero-order valence-corrected chi connectivity index (χ0v) is 15.8. The lowest BCUT2D eigenvalue weighted by Crippen LogP contribution is -2.28. The summed E-state index contributed by atoms with van der Waals surface area (Å²) in [6, 6.07) is 11.7. The van der Waals surface area contributed by atoms with Crippen molar-refractivity contribution >= 4 is 34.3 Å². The first kappa shape index (κ1) is 18.0. The Morgan fingerprint density at radius 1 is 1.19 bits per heavy atom. The molecule has 6 nitrogen and oxygen atoms in total. The smallest absolute Gasteiger partial charge is 0.180 e. The van der Waals surface area contributed by atoms with Crippen molar-refractivity contribution in [3.8, 4) is 17.0 Å². The highest BCUT2D eigenvalue weighted by atomic mass is 32.1. The number of thiocarbonyl (C=S) groups is 1.